The molecule has 1 aromatic carbocycles. The van der Waals surface area contributed by atoms with Gasteiger partial charge in [-0.2, -0.15) is 0 Å². The summed E-state index contributed by atoms with van der Waals surface area (Å²) in [4.78, 5) is 47.2. The summed E-state index contributed by atoms with van der Waals surface area (Å²) in [7, 11) is 1.41. The number of hydrogen-bond acceptors (Lipinski definition) is 8. The number of nitrogen functional groups attached to an aromatic ring is 1. The third-order valence-electron chi connectivity index (χ3n) is 7.56. The first kappa shape index (κ1) is 27.0. The first-order valence-corrected chi connectivity index (χ1v) is 13.4. The molecular weight excluding hydrogens is 506 g/mol. The van der Waals surface area contributed by atoms with Crippen LogP contribution in [0, 0.1) is 6.92 Å². The van der Waals surface area contributed by atoms with E-state index < -0.39 is 0 Å². The van der Waals surface area contributed by atoms with Crippen LogP contribution in [0.15, 0.2) is 61.1 Å². The number of aromatic nitrogens is 4. The molecule has 0 bridgehead atoms. The maximum Gasteiger partial charge on any atom is 0.409 e. The highest BCUT2D eigenvalue weighted by Crippen LogP contribution is 2.29. The van der Waals surface area contributed by atoms with Gasteiger partial charge in [-0.25, -0.2) is 19.7 Å². The molecule has 0 spiro atoms. The molecule has 4 heterocycles. The smallest absolute Gasteiger partial charge is 0.409 e. The number of aryl methyl sites for hydroxylation is 1. The number of pyridine rings is 2. The van der Waals surface area contributed by atoms with E-state index in [1.165, 1.54) is 7.11 Å². The third kappa shape index (κ3) is 5.70. The third-order valence-corrected chi connectivity index (χ3v) is 7.56. The number of nitrogens with two attached hydrogens (primary N) is 1. The van der Waals surface area contributed by atoms with Crippen LogP contribution in [0.4, 0.5) is 10.6 Å². The molecule has 1 saturated heterocycles. The van der Waals surface area contributed by atoms with E-state index in [1.807, 2.05) is 44.3 Å². The second kappa shape index (κ2) is 11.6. The number of amides is 2. The van der Waals surface area contributed by atoms with Crippen LogP contribution in [-0.2, 0) is 11.3 Å². The highest BCUT2D eigenvalue weighted by atomic mass is 16.5. The van der Waals surface area contributed by atoms with Gasteiger partial charge >= 0.3 is 6.09 Å². The molecule has 3 aromatic heterocycles. The second-order valence-corrected chi connectivity index (χ2v) is 10.1. The van der Waals surface area contributed by atoms with E-state index in [0.29, 0.717) is 36.2 Å². The summed E-state index contributed by atoms with van der Waals surface area (Å²) >= 11 is 0. The molecule has 5 rings (SSSR count). The van der Waals surface area contributed by atoms with Crippen LogP contribution >= 0.6 is 0 Å². The molecule has 2 amide bonds. The van der Waals surface area contributed by atoms with Crippen molar-refractivity contribution in [2.45, 2.75) is 45.2 Å². The fourth-order valence-electron chi connectivity index (χ4n) is 5.12. The molecule has 0 radical (unpaired) electrons. The average Bonchev–Trinajstić information content (AvgIpc) is 3.00. The number of benzene rings is 1. The van der Waals surface area contributed by atoms with Gasteiger partial charge in [0, 0.05) is 42.6 Å². The van der Waals surface area contributed by atoms with Crippen LogP contribution in [0.25, 0.3) is 10.9 Å². The topological polar surface area (TPSA) is 127 Å². The molecule has 2 N–H and O–H groups in total. The number of hydrogen-bond donors (Lipinski definition) is 1. The van der Waals surface area contributed by atoms with Crippen LogP contribution in [0.3, 0.4) is 0 Å². The highest BCUT2D eigenvalue weighted by molar-refractivity contribution is 5.98. The van der Waals surface area contributed by atoms with Crippen LogP contribution in [0.5, 0.6) is 0 Å². The molecule has 10 heteroatoms. The van der Waals surface area contributed by atoms with Crippen LogP contribution in [0.2, 0.25) is 0 Å². The van der Waals surface area contributed by atoms with Crippen LogP contribution in [0.1, 0.15) is 64.7 Å². The van der Waals surface area contributed by atoms with Crippen molar-refractivity contribution < 1.29 is 14.3 Å². The number of carbonyl (C=O) groups is 2. The minimum Gasteiger partial charge on any atom is -0.453 e. The zero-order valence-corrected chi connectivity index (χ0v) is 22.9. The van der Waals surface area contributed by atoms with Crippen molar-refractivity contribution >= 4 is 28.7 Å². The Balaban J connectivity index is 1.38. The Bertz CT molecular complexity index is 1500. The average molecular weight is 540 g/mol. The molecule has 1 aliphatic rings. The minimum atomic E-state index is -0.389. The molecular formula is C30H33N7O3. The zero-order chi connectivity index (χ0) is 28.2. The Hall–Kier alpha value is -4.60. The molecule has 4 aromatic rings. The van der Waals surface area contributed by atoms with E-state index in [4.69, 9.17) is 15.5 Å². The van der Waals surface area contributed by atoms with E-state index in [-0.39, 0.29) is 24.6 Å². The lowest BCUT2D eigenvalue weighted by molar-refractivity contribution is 0.0663. The molecule has 1 unspecified atom stereocenters. The van der Waals surface area contributed by atoms with Gasteiger partial charge in [-0.3, -0.25) is 9.78 Å². The predicted octanol–water partition coefficient (Wildman–Crippen LogP) is 4.66. The number of rotatable bonds is 6. The molecule has 1 aliphatic heterocycles. The van der Waals surface area contributed by atoms with Crippen molar-refractivity contribution in [1.29, 1.82) is 0 Å². The van der Waals surface area contributed by atoms with Gasteiger partial charge < -0.3 is 20.3 Å². The van der Waals surface area contributed by atoms with E-state index in [1.54, 1.807) is 34.3 Å². The van der Waals surface area contributed by atoms with Crippen molar-refractivity contribution in [3.63, 3.8) is 0 Å². The fourth-order valence-corrected chi connectivity index (χ4v) is 5.12. The summed E-state index contributed by atoms with van der Waals surface area (Å²) in [5, 5.41) is 0.849. The summed E-state index contributed by atoms with van der Waals surface area (Å²) in [6.45, 7) is 5.42. The Labute approximate surface area is 233 Å². The summed E-state index contributed by atoms with van der Waals surface area (Å²) in [6, 6.07) is 12.8. The molecule has 206 valence electrons. The number of ether oxygens (including phenoxy) is 1. The lowest BCUT2D eigenvalue weighted by atomic mass is 9.90. The molecule has 1 fully saturated rings. The van der Waals surface area contributed by atoms with Crippen molar-refractivity contribution in [2.24, 2.45) is 0 Å². The van der Waals surface area contributed by atoms with E-state index >= 15 is 0 Å². The van der Waals surface area contributed by atoms with Gasteiger partial charge in [-0.15, -0.1) is 0 Å². The van der Waals surface area contributed by atoms with E-state index in [9.17, 15) is 9.59 Å². The summed E-state index contributed by atoms with van der Waals surface area (Å²) in [5.74, 6) is 1.19. The molecule has 40 heavy (non-hydrogen) atoms. The van der Waals surface area contributed by atoms with Gasteiger partial charge in [-0.05, 0) is 80.1 Å². The van der Waals surface area contributed by atoms with Crippen molar-refractivity contribution in [3.8, 4) is 0 Å². The standard InChI is InChI=1S/C30H33N7O3/c1-19-15-24-16-22(6-8-26(24)35-27(19)31)29(38)37(20(2)28-32-11-4-12-33-28)18-25-7-5-23(17-34-25)21-9-13-36(14-10-21)30(39)40-3/h4-8,11-12,15-17,20-21H,9-10,13-14,18H2,1-3H3,(H2,31,35). The van der Waals surface area contributed by atoms with Crippen molar-refractivity contribution in [3.05, 3.63) is 89.3 Å². The zero-order valence-electron chi connectivity index (χ0n) is 22.9. The minimum absolute atomic E-state index is 0.155. The van der Waals surface area contributed by atoms with Gasteiger partial charge in [0.1, 0.15) is 11.6 Å². The van der Waals surface area contributed by atoms with Gasteiger partial charge in [0.15, 0.2) is 0 Å². The number of likely N-dealkylation sites (tertiary alicyclic amines) is 1. The van der Waals surface area contributed by atoms with Gasteiger partial charge in [0.05, 0.1) is 30.9 Å². The summed E-state index contributed by atoms with van der Waals surface area (Å²) in [5.41, 5.74) is 10.0. The lowest BCUT2D eigenvalue weighted by Crippen LogP contribution is -2.37. The van der Waals surface area contributed by atoms with Crippen molar-refractivity contribution in [2.75, 3.05) is 25.9 Å². The largest absolute Gasteiger partial charge is 0.453 e. The molecule has 1 atom stereocenters. The Kier molecular flexibility index (Phi) is 7.86. The maximum absolute atomic E-state index is 13.9. The van der Waals surface area contributed by atoms with Crippen LogP contribution in [-0.4, -0.2) is 61.9 Å². The second-order valence-electron chi connectivity index (χ2n) is 10.1. The Morgan fingerprint density at radius 3 is 2.52 bits per heavy atom. The normalized spacial score (nSPS) is 14.6. The van der Waals surface area contributed by atoms with Gasteiger partial charge in [-0.1, -0.05) is 6.07 Å². The molecule has 0 saturated carbocycles. The van der Waals surface area contributed by atoms with Gasteiger partial charge in [0.2, 0.25) is 0 Å². The number of methoxy groups -OCH3 is 1. The number of fused-ring (bicyclic) bond motifs is 1. The Morgan fingerprint density at radius 1 is 1.10 bits per heavy atom. The predicted molar refractivity (Wildman–Crippen MR) is 151 cm³/mol. The summed E-state index contributed by atoms with van der Waals surface area (Å²) in [6.07, 6.45) is 6.66. The number of nitrogens with zero attached hydrogens (tertiary/aromatic N) is 6. The lowest BCUT2D eigenvalue weighted by Gasteiger charge is -2.31. The van der Waals surface area contributed by atoms with E-state index in [2.05, 4.69) is 21.0 Å². The maximum atomic E-state index is 13.9. The quantitative estimate of drug-likeness (QED) is 0.375. The monoisotopic (exact) mass is 539 g/mol. The fraction of sp³-hybridized carbons (Fsp3) is 0.333. The Morgan fingerprint density at radius 2 is 1.85 bits per heavy atom. The first-order valence-electron chi connectivity index (χ1n) is 13.4. The molecule has 10 nitrogen and oxygen atoms in total. The first-order chi connectivity index (χ1) is 19.3. The van der Waals surface area contributed by atoms with Crippen LogP contribution < -0.4 is 5.73 Å². The highest BCUT2D eigenvalue weighted by Gasteiger charge is 2.27. The van der Waals surface area contributed by atoms with Crippen molar-refractivity contribution in [1.82, 2.24) is 29.7 Å². The number of carbonyl (C=O) groups excluding carboxylic acids is 2. The number of anilines is 1. The SMILES string of the molecule is COC(=O)N1CCC(c2ccc(CN(C(=O)c3ccc4nc(N)c(C)cc4c3)C(C)c3ncccn3)nc2)CC1. The van der Waals surface area contributed by atoms with Gasteiger partial charge in [0.25, 0.3) is 5.91 Å². The number of piperidine rings is 1. The molecule has 0 aliphatic carbocycles. The van der Waals surface area contributed by atoms with E-state index in [0.717, 1.165) is 40.6 Å². The summed E-state index contributed by atoms with van der Waals surface area (Å²) < 4.78 is 4.84.